The average Bonchev–Trinajstić information content (AvgIpc) is 2.35. The van der Waals surface area contributed by atoms with Gasteiger partial charge in [0, 0.05) is 24.3 Å². The Balaban J connectivity index is 2.41. The first-order valence-electron chi connectivity index (χ1n) is 7.12. The van der Waals surface area contributed by atoms with Crippen molar-refractivity contribution in [3.8, 4) is 5.75 Å². The summed E-state index contributed by atoms with van der Waals surface area (Å²) < 4.78 is 11.3. The SMILES string of the molecule is COc1cccc(N2CC(C)OC(C)(C)C2)c1[C@@H](C)O. The van der Waals surface area contributed by atoms with Crippen molar-refractivity contribution in [1.29, 1.82) is 0 Å². The van der Waals surface area contributed by atoms with Gasteiger partial charge in [0.15, 0.2) is 0 Å². The van der Waals surface area contributed by atoms with Crippen LogP contribution in [0.4, 0.5) is 5.69 Å². The average molecular weight is 279 g/mol. The summed E-state index contributed by atoms with van der Waals surface area (Å²) in [5.74, 6) is 0.731. The number of ether oxygens (including phenoxy) is 2. The second-order valence-electron chi connectivity index (χ2n) is 6.14. The van der Waals surface area contributed by atoms with Gasteiger partial charge in [-0.15, -0.1) is 0 Å². The van der Waals surface area contributed by atoms with E-state index in [0.717, 1.165) is 30.1 Å². The molecule has 112 valence electrons. The molecule has 1 N–H and O–H groups in total. The minimum atomic E-state index is -0.567. The van der Waals surface area contributed by atoms with Crippen LogP contribution in [0.15, 0.2) is 18.2 Å². The third-order valence-electron chi connectivity index (χ3n) is 3.59. The predicted molar refractivity (Wildman–Crippen MR) is 80.5 cm³/mol. The quantitative estimate of drug-likeness (QED) is 0.924. The maximum Gasteiger partial charge on any atom is 0.126 e. The summed E-state index contributed by atoms with van der Waals surface area (Å²) in [6.07, 6.45) is -0.408. The first-order valence-corrected chi connectivity index (χ1v) is 7.12. The monoisotopic (exact) mass is 279 g/mol. The van der Waals surface area contributed by atoms with Crippen LogP contribution in [-0.4, -0.2) is 37.0 Å². The zero-order valence-electron chi connectivity index (χ0n) is 13.0. The molecule has 0 spiro atoms. The number of rotatable bonds is 3. The largest absolute Gasteiger partial charge is 0.496 e. The minimum absolute atomic E-state index is 0.159. The van der Waals surface area contributed by atoms with E-state index in [4.69, 9.17) is 9.47 Å². The third-order valence-corrected chi connectivity index (χ3v) is 3.59. The molecule has 0 bridgehead atoms. The van der Waals surface area contributed by atoms with Gasteiger partial charge in [-0.25, -0.2) is 0 Å². The summed E-state index contributed by atoms with van der Waals surface area (Å²) >= 11 is 0. The van der Waals surface area contributed by atoms with Crippen LogP contribution in [0.2, 0.25) is 0 Å². The van der Waals surface area contributed by atoms with Gasteiger partial charge in [0.2, 0.25) is 0 Å². The number of anilines is 1. The molecule has 1 aliphatic heterocycles. The number of aliphatic hydroxyl groups is 1. The predicted octanol–water partition coefficient (Wildman–Crippen LogP) is 2.75. The Bertz CT molecular complexity index is 471. The van der Waals surface area contributed by atoms with Crippen molar-refractivity contribution in [2.45, 2.75) is 45.5 Å². The van der Waals surface area contributed by atoms with E-state index in [1.54, 1.807) is 14.0 Å². The highest BCUT2D eigenvalue weighted by molar-refractivity contribution is 5.61. The molecule has 0 aliphatic carbocycles. The Hall–Kier alpha value is -1.26. The van der Waals surface area contributed by atoms with Crippen LogP contribution < -0.4 is 9.64 Å². The van der Waals surface area contributed by atoms with E-state index in [1.165, 1.54) is 0 Å². The van der Waals surface area contributed by atoms with Crippen molar-refractivity contribution in [1.82, 2.24) is 0 Å². The fraction of sp³-hybridized carbons (Fsp3) is 0.625. The van der Waals surface area contributed by atoms with Crippen LogP contribution in [0.3, 0.4) is 0 Å². The summed E-state index contributed by atoms with van der Waals surface area (Å²) in [5.41, 5.74) is 1.68. The van der Waals surface area contributed by atoms with Gasteiger partial charge in [-0.2, -0.15) is 0 Å². The van der Waals surface area contributed by atoms with Crippen molar-refractivity contribution in [3.63, 3.8) is 0 Å². The van der Waals surface area contributed by atoms with Gasteiger partial charge >= 0.3 is 0 Å². The Morgan fingerprint density at radius 1 is 1.45 bits per heavy atom. The van der Waals surface area contributed by atoms with Crippen LogP contribution >= 0.6 is 0 Å². The van der Waals surface area contributed by atoms with Crippen LogP contribution in [0, 0.1) is 0 Å². The molecule has 20 heavy (non-hydrogen) atoms. The van der Waals surface area contributed by atoms with E-state index >= 15 is 0 Å². The molecule has 0 radical (unpaired) electrons. The molecule has 1 aliphatic rings. The number of aliphatic hydroxyl groups excluding tert-OH is 1. The Labute approximate surface area is 121 Å². The normalized spacial score (nSPS) is 23.5. The summed E-state index contributed by atoms with van der Waals surface area (Å²) in [6.45, 7) is 9.66. The minimum Gasteiger partial charge on any atom is -0.496 e. The molecule has 0 amide bonds. The number of morpholine rings is 1. The fourth-order valence-electron chi connectivity index (χ4n) is 3.04. The molecule has 0 saturated carbocycles. The van der Waals surface area contributed by atoms with Gasteiger partial charge in [0.1, 0.15) is 5.75 Å². The van der Waals surface area contributed by atoms with Crippen molar-refractivity contribution in [3.05, 3.63) is 23.8 Å². The van der Waals surface area contributed by atoms with Crippen LogP contribution in [-0.2, 0) is 4.74 Å². The summed E-state index contributed by atoms with van der Waals surface area (Å²) in [7, 11) is 1.64. The highest BCUT2D eigenvalue weighted by Gasteiger charge is 2.33. The molecule has 1 aromatic rings. The van der Waals surface area contributed by atoms with Gasteiger partial charge in [-0.05, 0) is 39.8 Å². The molecule has 1 heterocycles. The number of methoxy groups -OCH3 is 1. The van der Waals surface area contributed by atoms with Gasteiger partial charge in [-0.3, -0.25) is 0 Å². The maximum absolute atomic E-state index is 10.1. The van der Waals surface area contributed by atoms with E-state index in [9.17, 15) is 5.11 Å². The Morgan fingerprint density at radius 3 is 2.70 bits per heavy atom. The lowest BCUT2D eigenvalue weighted by molar-refractivity contribution is -0.0750. The second kappa shape index (κ2) is 5.62. The molecule has 2 rings (SSSR count). The Morgan fingerprint density at radius 2 is 2.15 bits per heavy atom. The molecule has 4 heteroatoms. The molecule has 1 unspecified atom stereocenters. The lowest BCUT2D eigenvalue weighted by Crippen LogP contribution is -2.52. The molecule has 1 aromatic carbocycles. The molecule has 1 fully saturated rings. The van der Waals surface area contributed by atoms with Crippen LogP contribution in [0.1, 0.15) is 39.4 Å². The topological polar surface area (TPSA) is 41.9 Å². The van der Waals surface area contributed by atoms with E-state index in [1.807, 2.05) is 18.2 Å². The lowest BCUT2D eigenvalue weighted by atomic mass is 10.0. The van der Waals surface area contributed by atoms with Crippen molar-refractivity contribution < 1.29 is 14.6 Å². The first kappa shape index (κ1) is 15.1. The maximum atomic E-state index is 10.1. The van der Waals surface area contributed by atoms with Crippen molar-refractivity contribution in [2.24, 2.45) is 0 Å². The van der Waals surface area contributed by atoms with E-state index in [-0.39, 0.29) is 11.7 Å². The van der Waals surface area contributed by atoms with Gasteiger partial charge in [0.25, 0.3) is 0 Å². The lowest BCUT2D eigenvalue weighted by Gasteiger charge is -2.43. The van der Waals surface area contributed by atoms with Crippen molar-refractivity contribution >= 4 is 5.69 Å². The smallest absolute Gasteiger partial charge is 0.126 e. The number of nitrogens with zero attached hydrogens (tertiary/aromatic N) is 1. The zero-order valence-corrected chi connectivity index (χ0v) is 13.0. The van der Waals surface area contributed by atoms with Crippen LogP contribution in [0.25, 0.3) is 0 Å². The molecular weight excluding hydrogens is 254 g/mol. The molecule has 1 saturated heterocycles. The van der Waals surface area contributed by atoms with E-state index < -0.39 is 6.10 Å². The highest BCUT2D eigenvalue weighted by Crippen LogP contribution is 2.36. The van der Waals surface area contributed by atoms with Gasteiger partial charge in [0.05, 0.1) is 24.9 Å². The number of hydrogen-bond acceptors (Lipinski definition) is 4. The molecular formula is C16H25NO3. The first-order chi connectivity index (χ1) is 9.34. The van der Waals surface area contributed by atoms with Gasteiger partial charge in [-0.1, -0.05) is 6.07 Å². The van der Waals surface area contributed by atoms with E-state index in [2.05, 4.69) is 25.7 Å². The van der Waals surface area contributed by atoms with Crippen LogP contribution in [0.5, 0.6) is 5.75 Å². The number of benzene rings is 1. The third kappa shape index (κ3) is 3.07. The Kier molecular flexibility index (Phi) is 4.25. The molecule has 4 nitrogen and oxygen atoms in total. The fourth-order valence-corrected chi connectivity index (χ4v) is 3.04. The van der Waals surface area contributed by atoms with E-state index in [0.29, 0.717) is 0 Å². The summed E-state index contributed by atoms with van der Waals surface area (Å²) in [6, 6.07) is 5.90. The molecule has 0 aromatic heterocycles. The number of hydrogen-bond donors (Lipinski definition) is 1. The van der Waals surface area contributed by atoms with Crippen molar-refractivity contribution in [2.75, 3.05) is 25.1 Å². The summed E-state index contributed by atoms with van der Waals surface area (Å²) in [4.78, 5) is 2.28. The molecule has 2 atom stereocenters. The second-order valence-corrected chi connectivity index (χ2v) is 6.14. The van der Waals surface area contributed by atoms with Gasteiger partial charge < -0.3 is 19.5 Å². The standard InChI is InChI=1S/C16H25NO3/c1-11-9-17(10-16(3,4)20-11)13-7-6-8-14(19-5)15(13)12(2)18/h6-8,11-12,18H,9-10H2,1-5H3/t11?,12-/m1/s1. The zero-order chi connectivity index (χ0) is 14.9. The highest BCUT2D eigenvalue weighted by atomic mass is 16.5. The summed E-state index contributed by atoms with van der Waals surface area (Å²) in [5, 5.41) is 10.1.